The Balaban J connectivity index is 1.86. The van der Waals surface area contributed by atoms with E-state index in [-0.39, 0.29) is 6.03 Å². The minimum Gasteiger partial charge on any atom is -0.308 e. The molecule has 3 rings (SSSR count). The zero-order valence-corrected chi connectivity index (χ0v) is 13.8. The molecule has 2 amide bonds. The van der Waals surface area contributed by atoms with Crippen molar-refractivity contribution in [3.05, 3.63) is 82.0 Å². The second kappa shape index (κ2) is 7.31. The SMILES string of the molecule is O=C(Nc1ccccc1)N(Cc1cccs1)c1cccc(Cl)c1. The quantitative estimate of drug-likeness (QED) is 0.653. The highest BCUT2D eigenvalue weighted by molar-refractivity contribution is 7.09. The Morgan fingerprint density at radius 2 is 1.87 bits per heavy atom. The fourth-order valence-corrected chi connectivity index (χ4v) is 3.07. The molecule has 0 bridgehead atoms. The molecule has 3 aromatic rings. The second-order valence-corrected chi connectivity index (χ2v) is 6.41. The van der Waals surface area contributed by atoms with Crippen LogP contribution in [0.2, 0.25) is 5.02 Å². The van der Waals surface area contributed by atoms with E-state index in [9.17, 15) is 4.79 Å². The summed E-state index contributed by atoms with van der Waals surface area (Å²) in [4.78, 5) is 15.5. The number of urea groups is 1. The van der Waals surface area contributed by atoms with Crippen molar-refractivity contribution in [2.24, 2.45) is 0 Å². The third kappa shape index (κ3) is 4.12. The maximum Gasteiger partial charge on any atom is 0.326 e. The van der Waals surface area contributed by atoms with Crippen molar-refractivity contribution in [2.75, 3.05) is 10.2 Å². The lowest BCUT2D eigenvalue weighted by molar-refractivity contribution is 0.256. The number of nitrogens with zero attached hydrogens (tertiary/aromatic N) is 1. The first kappa shape index (κ1) is 15.6. The number of nitrogens with one attached hydrogen (secondary N) is 1. The van der Waals surface area contributed by atoms with Gasteiger partial charge in [0.2, 0.25) is 0 Å². The monoisotopic (exact) mass is 342 g/mol. The van der Waals surface area contributed by atoms with E-state index in [0.29, 0.717) is 11.6 Å². The number of carbonyl (C=O) groups excluding carboxylic acids is 1. The number of benzene rings is 2. The summed E-state index contributed by atoms with van der Waals surface area (Å²) in [6, 6.07) is 20.5. The number of rotatable bonds is 4. The summed E-state index contributed by atoms with van der Waals surface area (Å²) in [5.74, 6) is 0. The van der Waals surface area contributed by atoms with Gasteiger partial charge < -0.3 is 5.32 Å². The Morgan fingerprint density at radius 3 is 2.57 bits per heavy atom. The van der Waals surface area contributed by atoms with E-state index < -0.39 is 0 Å². The van der Waals surface area contributed by atoms with Crippen LogP contribution in [0, 0.1) is 0 Å². The van der Waals surface area contributed by atoms with Crippen LogP contribution in [0.15, 0.2) is 72.1 Å². The van der Waals surface area contributed by atoms with Gasteiger partial charge in [-0.05, 0) is 41.8 Å². The molecule has 0 radical (unpaired) electrons. The molecule has 1 N–H and O–H groups in total. The minimum absolute atomic E-state index is 0.188. The lowest BCUT2D eigenvalue weighted by atomic mass is 10.2. The van der Waals surface area contributed by atoms with E-state index in [2.05, 4.69) is 5.32 Å². The third-order valence-electron chi connectivity index (χ3n) is 3.28. The van der Waals surface area contributed by atoms with Gasteiger partial charge in [0.05, 0.1) is 6.54 Å². The average Bonchev–Trinajstić information content (AvgIpc) is 3.06. The Bertz CT molecular complexity index is 775. The molecule has 0 fully saturated rings. The van der Waals surface area contributed by atoms with Gasteiger partial charge in [0, 0.05) is 21.3 Å². The summed E-state index contributed by atoms with van der Waals surface area (Å²) >= 11 is 7.70. The molecular formula is C18H15ClN2OS. The highest BCUT2D eigenvalue weighted by Crippen LogP contribution is 2.24. The van der Waals surface area contributed by atoms with Crippen LogP contribution in [-0.2, 0) is 6.54 Å². The third-order valence-corrected chi connectivity index (χ3v) is 4.38. The first-order chi connectivity index (χ1) is 11.2. The van der Waals surface area contributed by atoms with Gasteiger partial charge in [0.1, 0.15) is 0 Å². The van der Waals surface area contributed by atoms with E-state index in [1.54, 1.807) is 28.4 Å². The molecule has 0 aliphatic heterocycles. The van der Waals surface area contributed by atoms with Crippen LogP contribution in [0.25, 0.3) is 0 Å². The number of halogens is 1. The van der Waals surface area contributed by atoms with Gasteiger partial charge in [-0.3, -0.25) is 4.90 Å². The van der Waals surface area contributed by atoms with Gasteiger partial charge in [-0.2, -0.15) is 0 Å². The molecule has 0 saturated carbocycles. The standard InChI is InChI=1S/C18H15ClN2OS/c19-14-6-4-9-16(12-14)21(13-17-10-5-11-23-17)18(22)20-15-7-2-1-3-8-15/h1-12H,13H2,(H,20,22). The summed E-state index contributed by atoms with van der Waals surface area (Å²) in [7, 11) is 0. The maximum absolute atomic E-state index is 12.7. The molecule has 116 valence electrons. The number of para-hydroxylation sites is 1. The molecule has 1 aromatic heterocycles. The van der Waals surface area contributed by atoms with Crippen LogP contribution in [0.1, 0.15) is 4.88 Å². The summed E-state index contributed by atoms with van der Waals surface area (Å²) in [6.45, 7) is 0.497. The van der Waals surface area contributed by atoms with Crippen molar-refractivity contribution in [3.8, 4) is 0 Å². The van der Waals surface area contributed by atoms with Crippen molar-refractivity contribution < 1.29 is 4.79 Å². The maximum atomic E-state index is 12.7. The first-order valence-corrected chi connectivity index (χ1v) is 8.39. The van der Waals surface area contributed by atoms with E-state index in [1.165, 1.54) is 0 Å². The van der Waals surface area contributed by atoms with E-state index in [0.717, 1.165) is 16.3 Å². The van der Waals surface area contributed by atoms with Crippen LogP contribution in [0.5, 0.6) is 0 Å². The van der Waals surface area contributed by atoms with Crippen LogP contribution >= 0.6 is 22.9 Å². The van der Waals surface area contributed by atoms with Gasteiger partial charge in [-0.1, -0.05) is 41.9 Å². The van der Waals surface area contributed by atoms with Gasteiger partial charge >= 0.3 is 6.03 Å². The lowest BCUT2D eigenvalue weighted by Gasteiger charge is -2.23. The average molecular weight is 343 g/mol. The van der Waals surface area contributed by atoms with Crippen LogP contribution in [-0.4, -0.2) is 6.03 Å². The zero-order valence-electron chi connectivity index (χ0n) is 12.3. The number of thiophene rings is 1. The molecule has 0 unspecified atom stereocenters. The fraction of sp³-hybridized carbons (Fsp3) is 0.0556. The molecule has 0 spiro atoms. The zero-order chi connectivity index (χ0) is 16.1. The minimum atomic E-state index is -0.188. The van der Waals surface area contributed by atoms with Gasteiger partial charge in [-0.25, -0.2) is 4.79 Å². The molecule has 0 saturated heterocycles. The molecule has 2 aromatic carbocycles. The number of anilines is 2. The van der Waals surface area contributed by atoms with Crippen molar-refractivity contribution in [1.29, 1.82) is 0 Å². The number of hydrogen-bond donors (Lipinski definition) is 1. The molecule has 23 heavy (non-hydrogen) atoms. The summed E-state index contributed by atoms with van der Waals surface area (Å²) in [5.41, 5.74) is 1.52. The molecule has 0 aliphatic carbocycles. The molecule has 3 nitrogen and oxygen atoms in total. The van der Waals surface area contributed by atoms with Crippen LogP contribution < -0.4 is 10.2 Å². The summed E-state index contributed by atoms with van der Waals surface area (Å²) in [6.07, 6.45) is 0. The summed E-state index contributed by atoms with van der Waals surface area (Å²) < 4.78 is 0. The van der Waals surface area contributed by atoms with E-state index in [4.69, 9.17) is 11.6 Å². The lowest BCUT2D eigenvalue weighted by Crippen LogP contribution is -2.34. The normalized spacial score (nSPS) is 10.3. The number of hydrogen-bond acceptors (Lipinski definition) is 2. The van der Waals surface area contributed by atoms with Crippen LogP contribution in [0.4, 0.5) is 16.2 Å². The largest absolute Gasteiger partial charge is 0.326 e. The summed E-state index contributed by atoms with van der Waals surface area (Å²) in [5, 5.41) is 5.52. The predicted molar refractivity (Wildman–Crippen MR) is 97.4 cm³/mol. The van der Waals surface area contributed by atoms with Crippen molar-refractivity contribution in [3.63, 3.8) is 0 Å². The predicted octanol–water partition coefficient (Wildman–Crippen LogP) is 5.64. The van der Waals surface area contributed by atoms with Crippen molar-refractivity contribution in [2.45, 2.75) is 6.54 Å². The number of amides is 2. The van der Waals surface area contributed by atoms with Crippen molar-refractivity contribution in [1.82, 2.24) is 0 Å². The van der Waals surface area contributed by atoms with Gasteiger partial charge in [0.15, 0.2) is 0 Å². The van der Waals surface area contributed by atoms with Crippen LogP contribution in [0.3, 0.4) is 0 Å². The molecule has 0 aliphatic rings. The topological polar surface area (TPSA) is 32.3 Å². The molecular weight excluding hydrogens is 328 g/mol. The second-order valence-electron chi connectivity index (χ2n) is 4.94. The van der Waals surface area contributed by atoms with E-state index in [1.807, 2.05) is 60.0 Å². The Kier molecular flexibility index (Phi) is 4.95. The molecule has 1 heterocycles. The Hall–Kier alpha value is -2.30. The molecule has 5 heteroatoms. The Labute approximate surface area is 144 Å². The van der Waals surface area contributed by atoms with Gasteiger partial charge in [-0.15, -0.1) is 11.3 Å². The highest BCUT2D eigenvalue weighted by atomic mass is 35.5. The highest BCUT2D eigenvalue weighted by Gasteiger charge is 2.17. The molecule has 0 atom stereocenters. The first-order valence-electron chi connectivity index (χ1n) is 7.14. The fourth-order valence-electron chi connectivity index (χ4n) is 2.20. The van der Waals surface area contributed by atoms with E-state index >= 15 is 0 Å². The Morgan fingerprint density at radius 1 is 1.04 bits per heavy atom. The number of carbonyl (C=O) groups is 1. The van der Waals surface area contributed by atoms with Crippen molar-refractivity contribution >= 4 is 40.3 Å². The van der Waals surface area contributed by atoms with Gasteiger partial charge in [0.25, 0.3) is 0 Å². The smallest absolute Gasteiger partial charge is 0.308 e.